The standard InChI is InChI=1S/Ba.Cu.9FH.H4O.Y/h;;9*1H;1H4;/q2*+2;;;;;;;;;;+2;+3/p-9. The molecule has 0 spiro atoms. The molecule has 0 atom stereocenters. The summed E-state index contributed by atoms with van der Waals surface area (Å²) in [5, 5.41) is 0. The van der Waals surface area contributed by atoms with Crippen LogP contribution in [0.1, 0.15) is 0 Å². The largest absolute Gasteiger partial charge is 3.00 e. The molecule has 4 N–H and O–H groups in total. The molecule has 0 aromatic carbocycles. The second-order valence-electron chi connectivity index (χ2n) is 0. The molecule has 0 rings (SSSR count). The first-order chi connectivity index (χ1) is 0. The Morgan fingerprint density at radius 3 is 0.385 bits per heavy atom. The van der Waals surface area contributed by atoms with Crippen LogP contribution >= 0.6 is 0 Å². The van der Waals surface area contributed by atoms with Gasteiger partial charge in [0, 0.05) is 0 Å². The third kappa shape index (κ3) is 357. The maximum atomic E-state index is 0. The summed E-state index contributed by atoms with van der Waals surface area (Å²) in [6.07, 6.45) is 0. The van der Waals surface area contributed by atoms with Crippen LogP contribution in [0.2, 0.25) is 0 Å². The summed E-state index contributed by atoms with van der Waals surface area (Å²) in [4.78, 5) is 0. The Bertz CT molecular complexity index is 19.6. The van der Waals surface area contributed by atoms with Crippen LogP contribution in [0.3, 0.4) is 0 Å². The molecule has 1 nitrogen and oxygen atoms in total. The van der Waals surface area contributed by atoms with Gasteiger partial charge < -0.3 is 47.8 Å². The number of hydrogen-bond donors (Lipinski definition) is 0. The van der Waals surface area contributed by atoms with Crippen molar-refractivity contribution in [1.82, 2.24) is 0 Å². The van der Waals surface area contributed by atoms with Crippen molar-refractivity contribution < 1.29 is 97.6 Å². The first-order valence-electron chi connectivity index (χ1n) is 0. The van der Waals surface area contributed by atoms with Crippen LogP contribution in [0, 0.1) is 0 Å². The van der Waals surface area contributed by atoms with Gasteiger partial charge in [0.2, 0.25) is 0 Å². The van der Waals surface area contributed by atoms with Crippen molar-refractivity contribution in [3.8, 4) is 0 Å². The Labute approximate surface area is 144 Å². The Hall–Kier alpha value is 2.52. The molecule has 0 heterocycles. The van der Waals surface area contributed by atoms with E-state index in [1.807, 2.05) is 0 Å². The van der Waals surface area contributed by atoms with E-state index in [2.05, 4.69) is 0 Å². The first-order valence-corrected chi connectivity index (χ1v) is 0. The molecule has 0 aliphatic heterocycles. The molecule has 89 valence electrons. The minimum atomic E-state index is 0. The topological polar surface area (TPSA) is 34.5 Å². The molecule has 13 heavy (non-hydrogen) atoms. The summed E-state index contributed by atoms with van der Waals surface area (Å²) in [7, 11) is 0. The van der Waals surface area contributed by atoms with Gasteiger partial charge in [-0.15, -0.1) is 0 Å². The normalized spacial score (nSPS) is 0. The summed E-state index contributed by atoms with van der Waals surface area (Å²) in [6, 6.07) is 0. The van der Waals surface area contributed by atoms with Gasteiger partial charge in [0.25, 0.3) is 0 Å². The van der Waals surface area contributed by atoms with Crippen molar-refractivity contribution in [2.75, 3.05) is 0 Å². The molecule has 0 saturated carbocycles. The molecular formula is H4BaCuF9OY. The summed E-state index contributed by atoms with van der Waals surface area (Å²) in [5.41, 5.74) is 0. The molecule has 0 aromatic heterocycles. The van der Waals surface area contributed by atoms with Crippen molar-refractivity contribution in [3.63, 3.8) is 0 Å². The molecular weight excluding hydrogens is 477 g/mol. The number of rotatable bonds is 0. The fourth-order valence-electron chi connectivity index (χ4n) is 0. The van der Waals surface area contributed by atoms with E-state index in [1.54, 1.807) is 0 Å². The van der Waals surface area contributed by atoms with Gasteiger partial charge in [-0.3, -0.25) is 0 Å². The van der Waals surface area contributed by atoms with Gasteiger partial charge >= 0.3 is 98.7 Å². The maximum absolute atomic E-state index is 0. The zero-order valence-electron chi connectivity index (χ0n) is 5.69. The van der Waals surface area contributed by atoms with Crippen LogP contribution in [0.4, 0.5) is 0 Å². The van der Waals surface area contributed by atoms with Gasteiger partial charge in [-0.25, -0.2) is 0 Å². The molecule has 1 radical (unpaired) electrons. The van der Waals surface area contributed by atoms with Crippen molar-refractivity contribution in [1.29, 1.82) is 0 Å². The van der Waals surface area contributed by atoms with Crippen LogP contribution in [0.5, 0.6) is 0 Å². The van der Waals surface area contributed by atoms with Crippen LogP contribution < -0.4 is 42.3 Å². The molecule has 0 unspecified atom stereocenters. The fraction of sp³-hybridized carbons (Fsp3) is 0. The Morgan fingerprint density at radius 2 is 0.385 bits per heavy atom. The summed E-state index contributed by atoms with van der Waals surface area (Å²) in [5.74, 6) is 0. The van der Waals surface area contributed by atoms with Crippen LogP contribution in [0.25, 0.3) is 0 Å². The van der Waals surface area contributed by atoms with Gasteiger partial charge in [-0.2, -0.15) is 0 Å². The quantitative estimate of drug-likeness (QED) is 0.244. The van der Waals surface area contributed by atoms with Gasteiger partial charge in [-0.05, 0) is 0 Å². The predicted molar refractivity (Wildman–Crippen MR) is 12.0 cm³/mol. The van der Waals surface area contributed by atoms with E-state index >= 15 is 0 Å². The zero-order chi connectivity index (χ0) is 0. The minimum absolute atomic E-state index is 0. The van der Waals surface area contributed by atoms with Crippen LogP contribution in [-0.2, 0) is 55.3 Å². The van der Waals surface area contributed by atoms with E-state index in [0.717, 1.165) is 0 Å². The van der Waals surface area contributed by atoms with Gasteiger partial charge in [0.1, 0.15) is 0 Å². The van der Waals surface area contributed by atoms with Gasteiger partial charge in [0.15, 0.2) is 0 Å². The van der Waals surface area contributed by atoms with Crippen molar-refractivity contribution in [2.24, 2.45) is 0 Å². The zero-order valence-corrected chi connectivity index (χ0v) is 13.9. The van der Waals surface area contributed by atoms with Crippen LogP contribution in [0.15, 0.2) is 0 Å². The summed E-state index contributed by atoms with van der Waals surface area (Å²) < 4.78 is 0. The first kappa shape index (κ1) is 514. The Balaban J connectivity index is 0. The van der Waals surface area contributed by atoms with Crippen molar-refractivity contribution in [2.45, 2.75) is 0 Å². The monoisotopic (exact) mass is 481 g/mol. The minimum Gasteiger partial charge on any atom is -1.00 e. The summed E-state index contributed by atoms with van der Waals surface area (Å²) >= 11 is 0. The van der Waals surface area contributed by atoms with E-state index < -0.39 is 0 Å². The fourth-order valence-corrected chi connectivity index (χ4v) is 0. The number of halogens is 9. The van der Waals surface area contributed by atoms with Crippen molar-refractivity contribution >= 4 is 48.9 Å². The SMILES string of the molecule is [Ba+2].[Cu+2].[F-].[F-].[F-].[F-].[F-].[F-].[F-].[F-].[F-].[OH4+2].[Y+3]. The molecule has 0 aliphatic carbocycles. The van der Waals surface area contributed by atoms with E-state index in [9.17, 15) is 0 Å². The average Bonchev–Trinajstić information content (AvgIpc) is 0. The summed E-state index contributed by atoms with van der Waals surface area (Å²) in [6.45, 7) is 0. The molecule has 0 aromatic rings. The van der Waals surface area contributed by atoms with E-state index in [4.69, 9.17) is 0 Å². The third-order valence-electron chi connectivity index (χ3n) is 0. The molecule has 0 bridgehead atoms. The Kier molecular flexibility index (Phi) is 16500. The van der Waals surface area contributed by atoms with E-state index in [1.165, 1.54) is 0 Å². The van der Waals surface area contributed by atoms with E-state index in [0.29, 0.717) is 0 Å². The molecule has 0 fully saturated rings. The number of hydrogen-bond acceptors (Lipinski definition) is 0. The Morgan fingerprint density at radius 1 is 0.385 bits per heavy atom. The molecule has 0 saturated heterocycles. The maximum Gasteiger partial charge on any atom is 3.00 e. The van der Waals surface area contributed by atoms with Gasteiger partial charge in [0.05, 0.1) is 0 Å². The molecule has 0 amide bonds. The smallest absolute Gasteiger partial charge is 1.00 e. The van der Waals surface area contributed by atoms with Gasteiger partial charge in [-0.1, -0.05) is 0 Å². The van der Waals surface area contributed by atoms with Crippen LogP contribution in [-0.4, -0.2) is 48.9 Å². The van der Waals surface area contributed by atoms with Crippen molar-refractivity contribution in [3.05, 3.63) is 0 Å². The second-order valence-corrected chi connectivity index (χ2v) is 0. The average molecular weight is 481 g/mol. The second kappa shape index (κ2) is 417. The predicted octanol–water partition coefficient (Wildman–Crippen LogP) is -28.5. The van der Waals surface area contributed by atoms with E-state index in [-0.39, 0.29) is 146 Å². The molecule has 0 aliphatic rings. The third-order valence-corrected chi connectivity index (χ3v) is 0. The molecule has 13 heteroatoms.